The fraction of sp³-hybridized carbons (Fsp3) is 0.712. The molecule has 0 aromatic rings. The molecule has 1 atom stereocenters. The third kappa shape index (κ3) is 57.2. The van der Waals surface area contributed by atoms with E-state index in [-0.39, 0.29) is 31.1 Å². The van der Waals surface area contributed by atoms with E-state index in [9.17, 15) is 14.4 Å². The van der Waals surface area contributed by atoms with E-state index in [0.717, 1.165) is 89.9 Å². The van der Waals surface area contributed by atoms with Crippen molar-refractivity contribution in [2.24, 2.45) is 0 Å². The van der Waals surface area contributed by atoms with Gasteiger partial charge in [0.05, 0.1) is 0 Å². The minimum atomic E-state index is -0.796. The lowest BCUT2D eigenvalue weighted by atomic mass is 10.1. The molecule has 1 unspecified atom stereocenters. The van der Waals surface area contributed by atoms with Crippen LogP contribution in [0, 0.1) is 0 Å². The molecule has 0 heterocycles. The highest BCUT2D eigenvalue weighted by Gasteiger charge is 2.19. The molecule has 0 aromatic carbocycles. The van der Waals surface area contributed by atoms with E-state index < -0.39 is 6.10 Å². The second kappa shape index (κ2) is 59.9. The first kappa shape index (κ1) is 68.3. The van der Waals surface area contributed by atoms with Crippen molar-refractivity contribution < 1.29 is 28.6 Å². The van der Waals surface area contributed by atoms with Crippen LogP contribution in [0.15, 0.2) is 97.2 Å². The molecule has 0 rings (SSSR count). The second-order valence-corrected chi connectivity index (χ2v) is 19.9. The van der Waals surface area contributed by atoms with Gasteiger partial charge in [-0.2, -0.15) is 0 Å². The van der Waals surface area contributed by atoms with Crippen molar-refractivity contribution in [1.29, 1.82) is 0 Å². The van der Waals surface area contributed by atoms with Crippen molar-refractivity contribution in [3.05, 3.63) is 97.2 Å². The summed E-state index contributed by atoms with van der Waals surface area (Å²) in [5.41, 5.74) is 0. The molecular weight excluding hydrogens is 889 g/mol. The number of carbonyl (C=O) groups excluding carboxylic acids is 3. The zero-order valence-electron chi connectivity index (χ0n) is 47.2. The largest absolute Gasteiger partial charge is 0.462 e. The zero-order chi connectivity index (χ0) is 52.2. The maximum atomic E-state index is 12.9. The van der Waals surface area contributed by atoms with Crippen molar-refractivity contribution in [2.45, 2.75) is 290 Å². The average molecular weight is 1000 g/mol. The minimum Gasteiger partial charge on any atom is -0.462 e. The van der Waals surface area contributed by atoms with Crippen LogP contribution in [-0.4, -0.2) is 37.2 Å². The lowest BCUT2D eigenvalue weighted by Gasteiger charge is -2.18. The first-order valence-corrected chi connectivity index (χ1v) is 30.3. The summed E-state index contributed by atoms with van der Waals surface area (Å²) in [5, 5.41) is 0. The number of allylic oxidation sites excluding steroid dienone is 16. The Bertz CT molecular complexity index is 1430. The monoisotopic (exact) mass is 1000 g/mol. The highest BCUT2D eigenvalue weighted by molar-refractivity contribution is 5.71. The highest BCUT2D eigenvalue weighted by Crippen LogP contribution is 2.16. The number of hydrogen-bond donors (Lipinski definition) is 0. The van der Waals surface area contributed by atoms with Gasteiger partial charge in [0, 0.05) is 19.3 Å². The molecule has 0 amide bonds. The van der Waals surface area contributed by atoms with Crippen molar-refractivity contribution in [1.82, 2.24) is 0 Å². The van der Waals surface area contributed by atoms with Crippen LogP contribution < -0.4 is 0 Å². The first-order chi connectivity index (χ1) is 35.5. The van der Waals surface area contributed by atoms with Crippen LogP contribution in [0.25, 0.3) is 0 Å². The fourth-order valence-electron chi connectivity index (χ4n) is 8.30. The first-order valence-electron chi connectivity index (χ1n) is 30.3. The quantitative estimate of drug-likeness (QED) is 0.0199. The molecule has 0 bridgehead atoms. The topological polar surface area (TPSA) is 78.9 Å². The molecule has 72 heavy (non-hydrogen) atoms. The molecule has 0 spiro atoms. The van der Waals surface area contributed by atoms with Gasteiger partial charge in [0.2, 0.25) is 0 Å². The summed E-state index contributed by atoms with van der Waals surface area (Å²) in [5.74, 6) is -0.923. The van der Waals surface area contributed by atoms with E-state index in [4.69, 9.17) is 14.2 Å². The van der Waals surface area contributed by atoms with Gasteiger partial charge in [0.15, 0.2) is 6.10 Å². The summed E-state index contributed by atoms with van der Waals surface area (Å²) in [4.78, 5) is 38.3. The molecule has 0 saturated carbocycles. The van der Waals surface area contributed by atoms with E-state index >= 15 is 0 Å². The molecule has 6 heteroatoms. The summed E-state index contributed by atoms with van der Waals surface area (Å²) in [6.07, 6.45) is 79.7. The molecule has 6 nitrogen and oxygen atoms in total. The molecule has 0 aromatic heterocycles. The van der Waals surface area contributed by atoms with Crippen LogP contribution in [0.2, 0.25) is 0 Å². The van der Waals surface area contributed by atoms with Gasteiger partial charge in [-0.15, -0.1) is 0 Å². The fourth-order valence-corrected chi connectivity index (χ4v) is 8.30. The third-order valence-electron chi connectivity index (χ3n) is 12.8. The Morgan fingerprint density at radius 2 is 0.583 bits per heavy atom. The standard InChI is InChI=1S/C66H112O6/c1-4-7-10-13-16-19-22-25-28-31-33-35-38-41-44-47-50-53-56-59-65(68)71-62-63(61-70-64(67)58-55-52-49-46-43-40-37-30-27-24-21-18-15-12-9-6-3)72-66(69)60-57-54-51-48-45-42-39-36-34-32-29-26-23-20-17-14-11-8-5-2/h9,12,16-23,25-27,30,40,43,63H,4-8,10-11,13-15,24,28-29,31-39,41-42,44-62H2,1-3H3/b12-9-,19-16-,20-17-,21-18-,25-22-,26-23-,30-27-,43-40-. The van der Waals surface area contributed by atoms with E-state index in [1.54, 1.807) is 0 Å². The van der Waals surface area contributed by atoms with Gasteiger partial charge in [-0.1, -0.05) is 253 Å². The molecule has 0 aliphatic heterocycles. The number of ether oxygens (including phenoxy) is 3. The van der Waals surface area contributed by atoms with Gasteiger partial charge in [-0.3, -0.25) is 14.4 Å². The van der Waals surface area contributed by atoms with Gasteiger partial charge in [0.1, 0.15) is 13.2 Å². The molecule has 0 fully saturated rings. The summed E-state index contributed by atoms with van der Waals surface area (Å²) in [6.45, 7) is 6.46. The summed E-state index contributed by atoms with van der Waals surface area (Å²) >= 11 is 0. The average Bonchev–Trinajstić information content (AvgIpc) is 3.38. The van der Waals surface area contributed by atoms with E-state index in [0.29, 0.717) is 19.3 Å². The van der Waals surface area contributed by atoms with E-state index in [2.05, 4.69) is 118 Å². The Morgan fingerprint density at radius 1 is 0.306 bits per heavy atom. The lowest BCUT2D eigenvalue weighted by molar-refractivity contribution is -0.167. The minimum absolute atomic E-state index is 0.0909. The molecule has 0 radical (unpaired) electrons. The SMILES string of the molecule is CC/C=C\C/C=C\C/C=C\C/C=C\CCCCCC(=O)OCC(COC(=O)CCCCCCCCCCCC/C=C\C=C/CCCCC)OC(=O)CCCCCCCCCCCC/C=C\C=C/CCCCC. The number of esters is 3. The van der Waals surface area contributed by atoms with Crippen molar-refractivity contribution in [3.8, 4) is 0 Å². The number of carbonyl (C=O) groups is 3. The Labute approximate surface area is 445 Å². The van der Waals surface area contributed by atoms with Gasteiger partial charge in [-0.25, -0.2) is 0 Å². The van der Waals surface area contributed by atoms with Gasteiger partial charge < -0.3 is 14.2 Å². The van der Waals surface area contributed by atoms with Crippen LogP contribution in [0.5, 0.6) is 0 Å². The highest BCUT2D eigenvalue weighted by atomic mass is 16.6. The Balaban J connectivity index is 4.43. The number of unbranched alkanes of at least 4 members (excludes halogenated alkanes) is 29. The van der Waals surface area contributed by atoms with Crippen LogP contribution in [0.3, 0.4) is 0 Å². The van der Waals surface area contributed by atoms with Crippen LogP contribution in [-0.2, 0) is 28.6 Å². The lowest BCUT2D eigenvalue weighted by Crippen LogP contribution is -2.30. The molecular formula is C66H112O6. The number of rotatable bonds is 54. The predicted molar refractivity (Wildman–Crippen MR) is 311 cm³/mol. The molecule has 0 N–H and O–H groups in total. The molecule has 0 aliphatic carbocycles. The predicted octanol–water partition coefficient (Wildman–Crippen LogP) is 20.5. The smallest absolute Gasteiger partial charge is 0.306 e. The Hall–Kier alpha value is -3.67. The normalized spacial score (nSPS) is 12.8. The van der Waals surface area contributed by atoms with Crippen molar-refractivity contribution >= 4 is 17.9 Å². The third-order valence-corrected chi connectivity index (χ3v) is 12.8. The van der Waals surface area contributed by atoms with E-state index in [1.165, 1.54) is 154 Å². The van der Waals surface area contributed by atoms with Gasteiger partial charge >= 0.3 is 17.9 Å². The molecule has 0 saturated heterocycles. The Kier molecular flexibility index (Phi) is 56.8. The molecule has 412 valence electrons. The second-order valence-electron chi connectivity index (χ2n) is 19.9. The summed E-state index contributed by atoms with van der Waals surface area (Å²) < 4.78 is 16.9. The van der Waals surface area contributed by atoms with Gasteiger partial charge in [-0.05, 0) is 109 Å². The Morgan fingerprint density at radius 3 is 0.944 bits per heavy atom. The van der Waals surface area contributed by atoms with Crippen molar-refractivity contribution in [3.63, 3.8) is 0 Å². The number of hydrogen-bond acceptors (Lipinski definition) is 6. The van der Waals surface area contributed by atoms with Crippen molar-refractivity contribution in [2.75, 3.05) is 13.2 Å². The molecule has 0 aliphatic rings. The maximum Gasteiger partial charge on any atom is 0.306 e. The van der Waals surface area contributed by atoms with Gasteiger partial charge in [0.25, 0.3) is 0 Å². The van der Waals surface area contributed by atoms with Crippen LogP contribution in [0.4, 0.5) is 0 Å². The zero-order valence-corrected chi connectivity index (χ0v) is 47.2. The van der Waals surface area contributed by atoms with Crippen LogP contribution >= 0.6 is 0 Å². The van der Waals surface area contributed by atoms with E-state index in [1.807, 2.05) is 0 Å². The van der Waals surface area contributed by atoms with Crippen LogP contribution in [0.1, 0.15) is 284 Å². The maximum absolute atomic E-state index is 12.9. The summed E-state index contributed by atoms with van der Waals surface area (Å²) in [6, 6.07) is 0. The summed E-state index contributed by atoms with van der Waals surface area (Å²) in [7, 11) is 0.